The molecule has 0 fully saturated rings. The summed E-state index contributed by atoms with van der Waals surface area (Å²) < 4.78 is 9.63. The van der Waals surface area contributed by atoms with Crippen LogP contribution in [0.4, 0.5) is 0 Å². The molecule has 0 radical (unpaired) electrons. The molecule has 0 aliphatic rings. The summed E-state index contributed by atoms with van der Waals surface area (Å²) in [5.74, 6) is 0. The number of nitrogens with zero attached hydrogens (tertiary/aromatic N) is 1. The first-order chi connectivity index (χ1) is 3.91. The first kappa shape index (κ1) is 7.46. The van der Waals surface area contributed by atoms with E-state index in [2.05, 4.69) is 10.9 Å². The molecule has 0 heterocycles. The van der Waals surface area contributed by atoms with E-state index in [9.17, 15) is 4.57 Å². The Morgan fingerprint density at radius 1 is 1.62 bits per heavy atom. The maximum atomic E-state index is 9.63. The van der Waals surface area contributed by atoms with Crippen LogP contribution in [0.1, 0.15) is 0 Å². The molecule has 0 atom stereocenters. The number of rotatable bonds is 2. The molecular weight excluding hydrogens is 123 g/mol. The van der Waals surface area contributed by atoms with E-state index in [0.29, 0.717) is 6.54 Å². The van der Waals surface area contributed by atoms with Gasteiger partial charge in [0.1, 0.15) is 0 Å². The minimum atomic E-state index is -0.111. The van der Waals surface area contributed by atoms with Gasteiger partial charge in [0.15, 0.2) is 0 Å². The average molecular weight is 128 g/mol. The number of hydrogen-bond donors (Lipinski definition) is 1. The van der Waals surface area contributed by atoms with Gasteiger partial charge in [-0.3, -0.25) is 0 Å². The number of nitriles is 1. The molecule has 0 aromatic heterocycles. The summed E-state index contributed by atoms with van der Waals surface area (Å²) in [4.78, 5) is 0. The molecule has 0 spiro atoms. The third kappa shape index (κ3) is 5.46. The minimum absolute atomic E-state index is 0.111. The molecule has 1 N–H and O–H groups in total. The van der Waals surface area contributed by atoms with E-state index in [-0.39, 0.29) is 14.5 Å². The van der Waals surface area contributed by atoms with Gasteiger partial charge in [-0.25, -0.2) is 0 Å². The van der Waals surface area contributed by atoms with Crippen molar-refractivity contribution in [3.8, 4) is 11.7 Å². The van der Waals surface area contributed by atoms with Crippen LogP contribution >= 0.6 is 7.92 Å². The van der Waals surface area contributed by atoms with Crippen LogP contribution in [0.3, 0.4) is 0 Å². The zero-order valence-corrected chi connectivity index (χ0v) is 5.11. The Bertz CT molecular complexity index is 176. The average Bonchev–Trinajstić information content (AvgIpc) is 1.81. The van der Waals surface area contributed by atoms with Gasteiger partial charge in [-0.2, -0.15) is 0 Å². The second kappa shape index (κ2) is 6.46. The van der Waals surface area contributed by atoms with Crippen LogP contribution < -0.4 is 5.32 Å². The zero-order chi connectivity index (χ0) is 6.24. The summed E-state index contributed by atoms with van der Waals surface area (Å²) in [6.45, 7) is 0.682. The summed E-state index contributed by atoms with van der Waals surface area (Å²) in [6, 6.07) is 1.87. The topological polar surface area (TPSA) is 52.9 Å². The number of nitrogens with one attached hydrogen (secondary N) is 1. The molecule has 3 nitrogen and oxygen atoms in total. The fraction of sp³-hybridized carbons (Fsp3) is 0.500. The van der Waals surface area contributed by atoms with Gasteiger partial charge >= 0.3 is 47.8 Å². The summed E-state index contributed by atoms with van der Waals surface area (Å²) >= 11 is 0. The van der Waals surface area contributed by atoms with Crippen molar-refractivity contribution >= 4 is 7.92 Å². The Kier molecular flexibility index (Phi) is 6.02. The van der Waals surface area contributed by atoms with Crippen molar-refractivity contribution in [1.82, 2.24) is 5.32 Å². The fourth-order valence-corrected chi connectivity index (χ4v) is 0.383. The molecule has 0 amide bonds. The molecule has 0 saturated carbocycles. The summed E-state index contributed by atoms with van der Waals surface area (Å²) in [5, 5.41) is 10.6. The number of hydrogen-bond acceptors (Lipinski definition) is 3. The second-order valence-electron chi connectivity index (χ2n) is 1.01. The molecule has 42 valence electrons. The van der Waals surface area contributed by atoms with Crippen LogP contribution in [0, 0.1) is 17.0 Å². The van der Waals surface area contributed by atoms with Gasteiger partial charge in [-0.15, -0.1) is 0 Å². The van der Waals surface area contributed by atoms with Gasteiger partial charge in [0.05, 0.1) is 0 Å². The third-order valence-corrected chi connectivity index (χ3v) is 0.760. The van der Waals surface area contributed by atoms with E-state index in [1.165, 1.54) is 0 Å². The van der Waals surface area contributed by atoms with E-state index >= 15 is 0 Å². The predicted molar refractivity (Wildman–Crippen MR) is 30.0 cm³/mol. The molecule has 0 aliphatic carbocycles. The summed E-state index contributed by atoms with van der Waals surface area (Å²) in [5.41, 5.74) is 2.44. The van der Waals surface area contributed by atoms with Crippen molar-refractivity contribution in [3.63, 3.8) is 0 Å². The second-order valence-corrected chi connectivity index (χ2v) is 1.51. The van der Waals surface area contributed by atoms with Crippen molar-refractivity contribution in [2.24, 2.45) is 0 Å². The molecule has 0 bridgehead atoms. The van der Waals surface area contributed by atoms with Gasteiger partial charge in [-0.1, -0.05) is 0 Å². The SMILES string of the molecule is N#CCNCC#P=O. The maximum absolute atomic E-state index is 9.63. The summed E-state index contributed by atoms with van der Waals surface area (Å²) in [6.07, 6.45) is 0. The molecule has 8 heavy (non-hydrogen) atoms. The Labute approximate surface area is 48.8 Å². The van der Waals surface area contributed by atoms with Gasteiger partial charge in [0.25, 0.3) is 0 Å². The molecule has 0 aromatic rings. The van der Waals surface area contributed by atoms with Crippen molar-refractivity contribution in [2.75, 3.05) is 13.1 Å². The van der Waals surface area contributed by atoms with Crippen LogP contribution in [-0.4, -0.2) is 13.1 Å². The first-order valence-corrected chi connectivity index (χ1v) is 2.86. The monoisotopic (exact) mass is 128 g/mol. The predicted octanol–water partition coefficient (Wildman–Crippen LogP) is 0.350. The van der Waals surface area contributed by atoms with Crippen molar-refractivity contribution < 1.29 is 4.57 Å². The van der Waals surface area contributed by atoms with E-state index in [4.69, 9.17) is 5.26 Å². The Hall–Kier alpha value is -0.540. The first-order valence-electron chi connectivity index (χ1n) is 2.04. The molecule has 0 aromatic carbocycles. The van der Waals surface area contributed by atoms with Crippen LogP contribution in [0.5, 0.6) is 0 Å². The van der Waals surface area contributed by atoms with E-state index < -0.39 is 0 Å². The molecule has 4 heteroatoms. The van der Waals surface area contributed by atoms with Crippen molar-refractivity contribution in [2.45, 2.75) is 0 Å². The normalized spacial score (nSPS) is 6.88. The summed E-state index contributed by atoms with van der Waals surface area (Å²) in [7, 11) is -0.111. The molecular formula is C4H5N2OP. The Morgan fingerprint density at radius 3 is 2.88 bits per heavy atom. The van der Waals surface area contributed by atoms with Crippen molar-refractivity contribution in [1.29, 1.82) is 5.26 Å². The van der Waals surface area contributed by atoms with E-state index in [1.54, 1.807) is 0 Å². The quantitative estimate of drug-likeness (QED) is 0.331. The molecule has 0 aliphatic heterocycles. The Morgan fingerprint density at radius 2 is 2.38 bits per heavy atom. The standard InChI is InChI=1S/C4H5N2OP/c5-1-2-6-3-4-8-7/h6H,2-3H2. The van der Waals surface area contributed by atoms with Gasteiger partial charge in [0, 0.05) is 0 Å². The zero-order valence-electron chi connectivity index (χ0n) is 4.22. The van der Waals surface area contributed by atoms with E-state index in [0.717, 1.165) is 0 Å². The third-order valence-electron chi connectivity index (χ3n) is 0.473. The van der Waals surface area contributed by atoms with Gasteiger partial charge < -0.3 is 0 Å². The van der Waals surface area contributed by atoms with Crippen LogP contribution in [-0.2, 0) is 4.57 Å². The molecule has 0 unspecified atom stereocenters. The molecule has 0 saturated heterocycles. The van der Waals surface area contributed by atoms with E-state index in [1.807, 2.05) is 6.07 Å². The van der Waals surface area contributed by atoms with Crippen LogP contribution in [0.25, 0.3) is 0 Å². The van der Waals surface area contributed by atoms with Crippen LogP contribution in [0.15, 0.2) is 0 Å². The fourth-order valence-electron chi connectivity index (χ4n) is 0.207. The van der Waals surface area contributed by atoms with Gasteiger partial charge in [-0.05, 0) is 0 Å². The van der Waals surface area contributed by atoms with Crippen molar-refractivity contribution in [3.05, 3.63) is 0 Å². The van der Waals surface area contributed by atoms with Crippen LogP contribution in [0.2, 0.25) is 0 Å². The Balaban J connectivity index is 3.05. The molecule has 0 rings (SSSR count). The van der Waals surface area contributed by atoms with Gasteiger partial charge in [0.2, 0.25) is 0 Å².